The van der Waals surface area contributed by atoms with E-state index in [0.717, 1.165) is 5.70 Å². The number of piperidine rings is 1. The highest BCUT2D eigenvalue weighted by atomic mass is 35.5. The summed E-state index contributed by atoms with van der Waals surface area (Å²) in [7, 11) is 0. The number of carbonyl (C=O) groups is 1. The molecule has 2 saturated heterocycles. The highest BCUT2D eigenvalue weighted by Gasteiger charge is 2.42. The van der Waals surface area contributed by atoms with E-state index in [4.69, 9.17) is 16.6 Å². The molecule has 0 aliphatic carbocycles. The number of urea groups is 1. The lowest BCUT2D eigenvalue weighted by atomic mass is 9.88. The molecular formula is C31H28ClF3N8O2S. The zero-order valence-corrected chi connectivity index (χ0v) is 25.8. The molecule has 0 saturated carbocycles. The quantitative estimate of drug-likeness (QED) is 0.277. The van der Waals surface area contributed by atoms with Crippen LogP contribution in [0.2, 0.25) is 5.02 Å². The van der Waals surface area contributed by atoms with Crippen molar-refractivity contribution in [3.63, 3.8) is 0 Å². The molecule has 6 heterocycles. The lowest BCUT2D eigenvalue weighted by Crippen LogP contribution is -2.51. The van der Waals surface area contributed by atoms with Crippen LogP contribution < -0.4 is 5.32 Å². The number of aliphatic imine (C=N–C) groups is 1. The van der Waals surface area contributed by atoms with E-state index in [0.29, 0.717) is 71.3 Å². The molecule has 238 valence electrons. The number of nitrogens with one attached hydrogen (secondary N) is 1. The highest BCUT2D eigenvalue weighted by molar-refractivity contribution is 7.11. The van der Waals surface area contributed by atoms with Gasteiger partial charge in [-0.1, -0.05) is 23.7 Å². The minimum absolute atomic E-state index is 0.130. The average Bonchev–Trinajstić information content (AvgIpc) is 3.83. The molecular weight excluding hydrogens is 641 g/mol. The van der Waals surface area contributed by atoms with Crippen LogP contribution in [0.1, 0.15) is 53.8 Å². The maximum Gasteiger partial charge on any atom is 0.333 e. The van der Waals surface area contributed by atoms with Crippen molar-refractivity contribution in [1.29, 1.82) is 0 Å². The van der Waals surface area contributed by atoms with Crippen LogP contribution >= 0.6 is 22.9 Å². The number of aromatic nitrogens is 4. The maximum atomic E-state index is 14.1. The summed E-state index contributed by atoms with van der Waals surface area (Å²) in [4.78, 5) is 30.9. The van der Waals surface area contributed by atoms with E-state index in [9.17, 15) is 23.1 Å². The standard InChI is InChI=1S/C31H28ClF3N8O2S/c32-21-15-18(33)4-5-20(21)26-25(22-6-11-43(40-22)29(34)35)23-16-19(17-42(23)27(39-26)28-37-10-14-46-28)38-30(44)41-12-7-31(45,8-13-41)24-3-1-2-9-36-24/h1-6,9-11,14-15,19,26,29,45H,7-8,12-13,16-17H2,(H,38,44)/t19?,26-/m0/s1. The van der Waals surface area contributed by atoms with Gasteiger partial charge < -0.3 is 20.2 Å². The number of rotatable bonds is 6. The Balaban J connectivity index is 1.20. The lowest BCUT2D eigenvalue weighted by Gasteiger charge is -2.38. The van der Waals surface area contributed by atoms with Crippen molar-refractivity contribution >= 4 is 40.4 Å². The monoisotopic (exact) mass is 668 g/mol. The number of halogens is 4. The fourth-order valence-corrected chi connectivity index (χ4v) is 7.20. The van der Waals surface area contributed by atoms with Crippen LogP contribution in [0.4, 0.5) is 18.0 Å². The first kappa shape index (κ1) is 30.4. The Kier molecular flexibility index (Phi) is 8.03. The highest BCUT2D eigenvalue weighted by Crippen LogP contribution is 2.46. The number of nitrogens with zero attached hydrogens (tertiary/aromatic N) is 7. The Morgan fingerprint density at radius 2 is 1.96 bits per heavy atom. The third-order valence-electron chi connectivity index (χ3n) is 8.57. The van der Waals surface area contributed by atoms with Gasteiger partial charge in [0.2, 0.25) is 0 Å². The number of likely N-dealkylation sites (tertiary alicyclic amines) is 1. The second kappa shape index (κ2) is 12.2. The third-order valence-corrected chi connectivity index (χ3v) is 9.67. The van der Waals surface area contributed by atoms with E-state index in [2.05, 4.69) is 20.4 Å². The number of amides is 2. The Labute approximate surface area is 270 Å². The van der Waals surface area contributed by atoms with Crippen molar-refractivity contribution < 1.29 is 23.1 Å². The van der Waals surface area contributed by atoms with Crippen molar-refractivity contribution in [3.05, 3.63) is 105 Å². The molecule has 10 nitrogen and oxygen atoms in total. The average molecular weight is 669 g/mol. The Bertz CT molecular complexity index is 1810. The predicted molar refractivity (Wildman–Crippen MR) is 166 cm³/mol. The van der Waals surface area contributed by atoms with Crippen LogP contribution in [-0.4, -0.2) is 72.2 Å². The molecule has 2 atom stereocenters. The van der Waals surface area contributed by atoms with Gasteiger partial charge in [-0.3, -0.25) is 9.98 Å². The van der Waals surface area contributed by atoms with Crippen molar-refractivity contribution in [2.24, 2.45) is 4.99 Å². The molecule has 2 amide bonds. The van der Waals surface area contributed by atoms with E-state index in [1.54, 1.807) is 29.4 Å². The predicted octanol–water partition coefficient (Wildman–Crippen LogP) is 5.60. The van der Waals surface area contributed by atoms with Gasteiger partial charge in [0.1, 0.15) is 17.5 Å². The van der Waals surface area contributed by atoms with Crippen LogP contribution in [-0.2, 0) is 5.60 Å². The van der Waals surface area contributed by atoms with Crippen LogP contribution in [0.25, 0.3) is 5.57 Å². The summed E-state index contributed by atoms with van der Waals surface area (Å²) in [6.45, 7) is -1.83. The van der Waals surface area contributed by atoms with Gasteiger partial charge in [-0.2, -0.15) is 13.9 Å². The number of fused-ring (bicyclic) bond motifs is 1. The summed E-state index contributed by atoms with van der Waals surface area (Å²) in [6, 6.07) is 9.43. The summed E-state index contributed by atoms with van der Waals surface area (Å²) >= 11 is 7.92. The number of hydrogen-bond donors (Lipinski definition) is 2. The number of benzene rings is 1. The number of amidine groups is 1. The summed E-state index contributed by atoms with van der Waals surface area (Å²) < 4.78 is 41.9. The van der Waals surface area contributed by atoms with Crippen molar-refractivity contribution in [2.75, 3.05) is 19.6 Å². The molecule has 0 spiro atoms. The third kappa shape index (κ3) is 5.65. The molecule has 0 radical (unpaired) electrons. The fraction of sp³-hybridized carbons (Fsp3) is 0.323. The molecule has 46 heavy (non-hydrogen) atoms. The van der Waals surface area contributed by atoms with Crippen LogP contribution in [0.3, 0.4) is 0 Å². The molecule has 15 heteroatoms. The Morgan fingerprint density at radius 1 is 1.13 bits per heavy atom. The van der Waals surface area contributed by atoms with Gasteiger partial charge in [-0.25, -0.2) is 18.9 Å². The molecule has 3 aliphatic heterocycles. The number of thiazole rings is 1. The topological polar surface area (TPSA) is 112 Å². The molecule has 4 aromatic rings. The first-order valence-corrected chi connectivity index (χ1v) is 15.9. The normalized spacial score (nSPS) is 21.0. The molecule has 7 rings (SSSR count). The molecule has 1 aromatic carbocycles. The zero-order chi connectivity index (χ0) is 32.0. The molecule has 0 bridgehead atoms. The van der Waals surface area contributed by atoms with E-state index in [1.807, 2.05) is 16.3 Å². The zero-order valence-electron chi connectivity index (χ0n) is 24.2. The Hall–Kier alpha value is -4.27. The maximum absolute atomic E-state index is 14.1. The van der Waals surface area contributed by atoms with Crippen molar-refractivity contribution in [3.8, 4) is 0 Å². The first-order valence-electron chi connectivity index (χ1n) is 14.7. The number of pyridine rings is 1. The lowest BCUT2D eigenvalue weighted by molar-refractivity contribution is -0.0205. The number of alkyl halides is 2. The molecule has 1 unspecified atom stereocenters. The summed E-state index contributed by atoms with van der Waals surface area (Å²) in [5, 5.41) is 21.0. The van der Waals surface area contributed by atoms with Gasteiger partial charge in [-0.05, 0) is 43.2 Å². The Morgan fingerprint density at radius 3 is 2.63 bits per heavy atom. The SMILES string of the molecule is O=C(NC1CC2=C(c3ccn(C(F)F)n3)[C@H](c3ccc(F)cc3Cl)N=C(c3nccs3)N2C1)N1CCC(O)(c2ccccn2)CC1. The summed E-state index contributed by atoms with van der Waals surface area (Å²) in [5.74, 6) is 0.00824. The van der Waals surface area contributed by atoms with Crippen LogP contribution in [0, 0.1) is 5.82 Å². The van der Waals surface area contributed by atoms with E-state index < -0.39 is 24.0 Å². The van der Waals surface area contributed by atoms with Gasteiger partial charge >= 0.3 is 12.6 Å². The molecule has 2 fully saturated rings. The van der Waals surface area contributed by atoms with Crippen molar-refractivity contribution in [2.45, 2.75) is 43.5 Å². The second-order valence-electron chi connectivity index (χ2n) is 11.4. The largest absolute Gasteiger partial charge is 0.383 e. The van der Waals surface area contributed by atoms with Crippen molar-refractivity contribution in [1.82, 2.24) is 34.9 Å². The minimum Gasteiger partial charge on any atom is -0.383 e. The van der Waals surface area contributed by atoms with Crippen LogP contribution in [0.15, 0.2) is 77.1 Å². The van der Waals surface area contributed by atoms with Gasteiger partial charge in [0.15, 0.2) is 10.8 Å². The summed E-state index contributed by atoms with van der Waals surface area (Å²) in [6.07, 6.45) is 5.52. The molecule has 2 N–H and O–H groups in total. The van der Waals surface area contributed by atoms with Crippen LogP contribution in [0.5, 0.6) is 0 Å². The second-order valence-corrected chi connectivity index (χ2v) is 12.7. The summed E-state index contributed by atoms with van der Waals surface area (Å²) in [5.41, 5.74) is 1.48. The number of carbonyl (C=O) groups excluding carboxylic acids is 1. The minimum atomic E-state index is -2.85. The molecule has 3 aliphatic rings. The fourth-order valence-electron chi connectivity index (χ4n) is 6.29. The number of hydrogen-bond acceptors (Lipinski definition) is 8. The van der Waals surface area contributed by atoms with E-state index in [1.165, 1.54) is 41.8 Å². The molecule has 3 aromatic heterocycles. The first-order chi connectivity index (χ1) is 22.2. The number of aliphatic hydroxyl groups is 1. The smallest absolute Gasteiger partial charge is 0.333 e. The van der Waals surface area contributed by atoms with E-state index >= 15 is 0 Å². The van der Waals surface area contributed by atoms with E-state index in [-0.39, 0.29) is 22.8 Å². The van der Waals surface area contributed by atoms with Gasteiger partial charge in [0.25, 0.3) is 0 Å². The van der Waals surface area contributed by atoms with Gasteiger partial charge in [0, 0.05) is 71.9 Å². The van der Waals surface area contributed by atoms with Gasteiger partial charge in [0.05, 0.1) is 17.4 Å². The van der Waals surface area contributed by atoms with Gasteiger partial charge in [-0.15, -0.1) is 11.3 Å².